The lowest BCUT2D eigenvalue weighted by Gasteiger charge is -2.27. The van der Waals surface area contributed by atoms with Crippen LogP contribution in [-0.2, 0) is 11.2 Å². The summed E-state index contributed by atoms with van der Waals surface area (Å²) >= 11 is 0. The highest BCUT2D eigenvalue weighted by molar-refractivity contribution is 5.79. The fourth-order valence-corrected chi connectivity index (χ4v) is 2.57. The van der Waals surface area contributed by atoms with Crippen molar-refractivity contribution in [2.75, 3.05) is 19.6 Å². The highest BCUT2D eigenvalue weighted by atomic mass is 16.6. The molecule has 1 amide bonds. The lowest BCUT2D eigenvalue weighted by molar-refractivity contribution is 0.0476. The zero-order chi connectivity index (χ0) is 21.4. The Morgan fingerprint density at radius 2 is 1.86 bits per heavy atom. The molecule has 0 fully saturated rings. The third-order valence-corrected chi connectivity index (χ3v) is 3.89. The normalized spacial score (nSPS) is 12.6. The van der Waals surface area contributed by atoms with Crippen molar-refractivity contribution < 1.29 is 14.1 Å². The number of hydrogen-bond acceptors (Lipinski definition) is 5. The predicted molar refractivity (Wildman–Crippen MR) is 112 cm³/mol. The van der Waals surface area contributed by atoms with Crippen LogP contribution in [0.4, 0.5) is 4.79 Å². The molecule has 1 aromatic rings. The number of hydrogen-bond donors (Lipinski definition) is 3. The van der Waals surface area contributed by atoms with Crippen molar-refractivity contribution in [2.45, 2.75) is 79.4 Å². The first kappa shape index (κ1) is 23.8. The van der Waals surface area contributed by atoms with Crippen LogP contribution in [0, 0.1) is 13.8 Å². The Kier molecular flexibility index (Phi) is 8.78. The van der Waals surface area contributed by atoms with Gasteiger partial charge < -0.3 is 25.2 Å². The molecule has 0 saturated carbocycles. The minimum Gasteiger partial charge on any atom is -0.444 e. The van der Waals surface area contributed by atoms with E-state index in [9.17, 15) is 4.79 Å². The molecule has 1 rings (SSSR count). The van der Waals surface area contributed by atoms with E-state index in [0.717, 1.165) is 43.3 Å². The van der Waals surface area contributed by atoms with E-state index in [-0.39, 0.29) is 0 Å². The molecule has 0 unspecified atom stereocenters. The summed E-state index contributed by atoms with van der Waals surface area (Å²) in [5.41, 5.74) is 1.07. The molecule has 3 N–H and O–H groups in total. The molecule has 0 atom stereocenters. The Hall–Kier alpha value is -2.25. The summed E-state index contributed by atoms with van der Waals surface area (Å²) in [5, 5.41) is 13.4. The van der Waals surface area contributed by atoms with Crippen LogP contribution in [0.15, 0.2) is 9.52 Å². The van der Waals surface area contributed by atoms with Crippen molar-refractivity contribution >= 4 is 12.1 Å². The van der Waals surface area contributed by atoms with Crippen LogP contribution >= 0.6 is 0 Å². The van der Waals surface area contributed by atoms with Crippen LogP contribution in [0.5, 0.6) is 0 Å². The summed E-state index contributed by atoms with van der Waals surface area (Å²) in [5.74, 6) is 1.60. The SMILES string of the molecule is CCNC(=NCC(C)(C)NC(=O)OC(C)(C)C)NCCCc1c(C)noc1C. The number of carbonyl (C=O) groups is 1. The molecule has 0 spiro atoms. The molecule has 1 aromatic heterocycles. The minimum atomic E-state index is -0.527. The van der Waals surface area contributed by atoms with E-state index in [1.807, 2.05) is 55.4 Å². The smallest absolute Gasteiger partial charge is 0.408 e. The molecular weight excluding hydrogens is 358 g/mol. The van der Waals surface area contributed by atoms with Gasteiger partial charge in [-0.05, 0) is 68.2 Å². The van der Waals surface area contributed by atoms with E-state index in [2.05, 4.69) is 26.1 Å². The molecule has 0 aliphatic heterocycles. The number of amides is 1. The lowest BCUT2D eigenvalue weighted by atomic mass is 10.1. The maximum atomic E-state index is 12.0. The Labute approximate surface area is 168 Å². The number of ether oxygens (including phenoxy) is 1. The summed E-state index contributed by atoms with van der Waals surface area (Å²) in [6.45, 7) is 17.2. The second-order valence-electron chi connectivity index (χ2n) is 8.54. The van der Waals surface area contributed by atoms with Crippen LogP contribution in [0.25, 0.3) is 0 Å². The van der Waals surface area contributed by atoms with E-state index in [4.69, 9.17) is 9.26 Å². The maximum absolute atomic E-state index is 12.0. The lowest BCUT2D eigenvalue weighted by Crippen LogP contribution is -2.49. The molecule has 8 heteroatoms. The fraction of sp³-hybridized carbons (Fsp3) is 0.750. The standard InChI is InChI=1S/C20H37N5O3/c1-9-21-17(22-12-10-11-16-14(2)25-28-15(16)3)23-13-20(7,8)24-18(26)27-19(4,5)6/h9-13H2,1-8H3,(H,24,26)(H2,21,22,23). The van der Waals surface area contributed by atoms with Gasteiger partial charge in [0.15, 0.2) is 5.96 Å². The summed E-state index contributed by atoms with van der Waals surface area (Å²) in [4.78, 5) is 16.6. The molecule has 1 heterocycles. The van der Waals surface area contributed by atoms with Gasteiger partial charge in [-0.3, -0.25) is 4.99 Å². The summed E-state index contributed by atoms with van der Waals surface area (Å²) in [6.07, 6.45) is 1.40. The van der Waals surface area contributed by atoms with Crippen molar-refractivity contribution in [1.82, 2.24) is 21.1 Å². The van der Waals surface area contributed by atoms with Crippen molar-refractivity contribution in [3.8, 4) is 0 Å². The number of aryl methyl sites for hydroxylation is 2. The number of alkyl carbamates (subject to hydrolysis) is 1. The number of aliphatic imine (C=N–C) groups is 1. The predicted octanol–water partition coefficient (Wildman–Crippen LogP) is 3.08. The molecule has 28 heavy (non-hydrogen) atoms. The average Bonchev–Trinajstić information content (AvgIpc) is 2.85. The molecular formula is C20H37N5O3. The van der Waals surface area contributed by atoms with Crippen LogP contribution in [0.2, 0.25) is 0 Å². The molecule has 0 radical (unpaired) electrons. The maximum Gasteiger partial charge on any atom is 0.408 e. The molecule has 0 bridgehead atoms. The molecule has 160 valence electrons. The van der Waals surface area contributed by atoms with Crippen molar-refractivity contribution in [3.05, 3.63) is 17.0 Å². The Balaban J connectivity index is 2.52. The largest absolute Gasteiger partial charge is 0.444 e. The van der Waals surface area contributed by atoms with Gasteiger partial charge >= 0.3 is 6.09 Å². The first-order valence-electron chi connectivity index (χ1n) is 9.88. The summed E-state index contributed by atoms with van der Waals surface area (Å²) in [6, 6.07) is 0. The first-order valence-corrected chi connectivity index (χ1v) is 9.88. The van der Waals surface area contributed by atoms with Gasteiger partial charge in [-0.2, -0.15) is 0 Å². The summed E-state index contributed by atoms with van der Waals surface area (Å²) in [7, 11) is 0. The monoisotopic (exact) mass is 395 g/mol. The van der Waals surface area contributed by atoms with E-state index < -0.39 is 17.2 Å². The van der Waals surface area contributed by atoms with Gasteiger partial charge in [0.05, 0.1) is 17.8 Å². The fourth-order valence-electron chi connectivity index (χ4n) is 2.57. The van der Waals surface area contributed by atoms with Crippen LogP contribution in [0.1, 0.15) is 65.0 Å². The van der Waals surface area contributed by atoms with Gasteiger partial charge in [0, 0.05) is 18.7 Å². The van der Waals surface area contributed by atoms with E-state index in [0.29, 0.717) is 6.54 Å². The highest BCUT2D eigenvalue weighted by Crippen LogP contribution is 2.14. The van der Waals surface area contributed by atoms with Gasteiger partial charge in [0.1, 0.15) is 11.4 Å². The average molecular weight is 396 g/mol. The number of aromatic nitrogens is 1. The molecule has 0 aliphatic rings. The van der Waals surface area contributed by atoms with E-state index in [1.165, 1.54) is 5.56 Å². The zero-order valence-corrected chi connectivity index (χ0v) is 18.7. The third-order valence-electron chi connectivity index (χ3n) is 3.89. The van der Waals surface area contributed by atoms with Crippen molar-refractivity contribution in [2.24, 2.45) is 4.99 Å². The quantitative estimate of drug-likeness (QED) is 0.355. The highest BCUT2D eigenvalue weighted by Gasteiger charge is 2.24. The second kappa shape index (κ2) is 10.3. The summed E-state index contributed by atoms with van der Waals surface area (Å²) < 4.78 is 10.5. The molecule has 8 nitrogen and oxygen atoms in total. The first-order chi connectivity index (χ1) is 12.9. The van der Waals surface area contributed by atoms with Gasteiger partial charge in [-0.25, -0.2) is 4.79 Å². The van der Waals surface area contributed by atoms with Crippen LogP contribution in [0.3, 0.4) is 0 Å². The number of carbonyl (C=O) groups excluding carboxylic acids is 1. The Morgan fingerprint density at radius 1 is 1.18 bits per heavy atom. The van der Waals surface area contributed by atoms with Crippen molar-refractivity contribution in [3.63, 3.8) is 0 Å². The second-order valence-corrected chi connectivity index (χ2v) is 8.54. The minimum absolute atomic E-state index is 0.422. The third kappa shape index (κ3) is 9.10. The van der Waals surface area contributed by atoms with Crippen LogP contribution < -0.4 is 16.0 Å². The van der Waals surface area contributed by atoms with E-state index in [1.54, 1.807) is 0 Å². The number of guanidine groups is 1. The molecule has 0 saturated heterocycles. The molecule has 0 aliphatic carbocycles. The number of nitrogens with one attached hydrogen (secondary N) is 3. The topological polar surface area (TPSA) is 101 Å². The van der Waals surface area contributed by atoms with Gasteiger partial charge in [0.25, 0.3) is 0 Å². The molecule has 0 aromatic carbocycles. The van der Waals surface area contributed by atoms with Gasteiger partial charge in [-0.1, -0.05) is 5.16 Å². The Bertz CT molecular complexity index is 640. The van der Waals surface area contributed by atoms with E-state index >= 15 is 0 Å². The van der Waals surface area contributed by atoms with Gasteiger partial charge in [0.2, 0.25) is 0 Å². The Morgan fingerprint density at radius 3 is 2.39 bits per heavy atom. The van der Waals surface area contributed by atoms with Crippen LogP contribution in [-0.4, -0.2) is 48.0 Å². The zero-order valence-electron chi connectivity index (χ0n) is 18.7. The number of rotatable bonds is 8. The number of nitrogens with zero attached hydrogens (tertiary/aromatic N) is 2. The van der Waals surface area contributed by atoms with Gasteiger partial charge in [-0.15, -0.1) is 0 Å². The van der Waals surface area contributed by atoms with Crippen molar-refractivity contribution in [1.29, 1.82) is 0 Å².